The van der Waals surface area contributed by atoms with Crippen LogP contribution in [0, 0.1) is 0 Å². The molecule has 0 radical (unpaired) electrons. The first-order valence-electron chi connectivity index (χ1n) is 6.23. The fourth-order valence-corrected chi connectivity index (χ4v) is 1.58. The van der Waals surface area contributed by atoms with Crippen molar-refractivity contribution in [2.75, 3.05) is 0 Å². The van der Waals surface area contributed by atoms with Gasteiger partial charge >= 0.3 is 5.97 Å². The topological polar surface area (TPSA) is 84.2 Å². The lowest BCUT2D eigenvalue weighted by atomic mass is 10.1. The van der Waals surface area contributed by atoms with Crippen LogP contribution in [0.15, 0.2) is 18.5 Å². The molecule has 0 saturated heterocycles. The predicted octanol–water partition coefficient (Wildman–Crippen LogP) is 1.19. The van der Waals surface area contributed by atoms with Crippen LogP contribution in [0.2, 0.25) is 0 Å². The second kappa shape index (κ2) is 7.35. The Bertz CT molecular complexity index is 465. The summed E-state index contributed by atoms with van der Waals surface area (Å²) in [7, 11) is 1.78. The molecular formula is C13H19N3O3. The van der Waals surface area contributed by atoms with Crippen LogP contribution in [0.4, 0.5) is 0 Å². The number of nitrogens with one attached hydrogen (secondary N) is 1. The molecule has 0 aromatic carbocycles. The fourth-order valence-electron chi connectivity index (χ4n) is 1.58. The van der Waals surface area contributed by atoms with Crippen LogP contribution in [0.5, 0.6) is 0 Å². The van der Waals surface area contributed by atoms with E-state index in [2.05, 4.69) is 10.4 Å². The number of aromatic nitrogens is 2. The van der Waals surface area contributed by atoms with Crippen molar-refractivity contribution in [3.05, 3.63) is 24.0 Å². The van der Waals surface area contributed by atoms with Gasteiger partial charge in [-0.1, -0.05) is 19.8 Å². The van der Waals surface area contributed by atoms with E-state index in [1.165, 1.54) is 6.08 Å². The Balaban J connectivity index is 2.52. The van der Waals surface area contributed by atoms with Gasteiger partial charge in [-0.15, -0.1) is 0 Å². The van der Waals surface area contributed by atoms with Crippen LogP contribution in [0.1, 0.15) is 31.7 Å². The number of aryl methyl sites for hydroxylation is 1. The van der Waals surface area contributed by atoms with Gasteiger partial charge < -0.3 is 10.4 Å². The number of nitrogens with zero attached hydrogens (tertiary/aromatic N) is 2. The molecule has 19 heavy (non-hydrogen) atoms. The summed E-state index contributed by atoms with van der Waals surface area (Å²) in [6.45, 7) is 1.98. The molecule has 0 fully saturated rings. The normalized spacial score (nSPS) is 12.5. The van der Waals surface area contributed by atoms with Crippen molar-refractivity contribution in [1.82, 2.24) is 15.1 Å². The second-order valence-corrected chi connectivity index (χ2v) is 4.32. The van der Waals surface area contributed by atoms with Crippen molar-refractivity contribution in [2.45, 2.75) is 32.2 Å². The number of carboxylic acid groups (broad SMARTS) is 1. The number of carbonyl (C=O) groups is 2. The van der Waals surface area contributed by atoms with E-state index in [4.69, 9.17) is 5.11 Å². The molecule has 0 aliphatic carbocycles. The molecule has 0 unspecified atom stereocenters. The van der Waals surface area contributed by atoms with Crippen LogP contribution < -0.4 is 5.32 Å². The fraction of sp³-hybridized carbons (Fsp3) is 0.462. The van der Waals surface area contributed by atoms with E-state index < -0.39 is 17.9 Å². The first-order valence-corrected chi connectivity index (χ1v) is 6.23. The number of hydrogen-bond acceptors (Lipinski definition) is 3. The number of rotatable bonds is 7. The van der Waals surface area contributed by atoms with Gasteiger partial charge in [0.2, 0.25) is 5.91 Å². The quantitative estimate of drug-likeness (QED) is 0.725. The van der Waals surface area contributed by atoms with Crippen molar-refractivity contribution in [1.29, 1.82) is 0 Å². The maximum atomic E-state index is 11.6. The zero-order valence-electron chi connectivity index (χ0n) is 11.2. The Labute approximate surface area is 112 Å². The average Bonchev–Trinajstić information content (AvgIpc) is 2.77. The minimum absolute atomic E-state index is 0.410. The summed E-state index contributed by atoms with van der Waals surface area (Å²) in [5.41, 5.74) is 0.790. The number of unbranched alkanes of at least 4 members (excludes halogenated alkanes) is 1. The average molecular weight is 265 g/mol. The third kappa shape index (κ3) is 5.37. The Kier molecular flexibility index (Phi) is 5.78. The molecule has 6 nitrogen and oxygen atoms in total. The zero-order valence-corrected chi connectivity index (χ0v) is 11.2. The number of carbonyl (C=O) groups excluding carboxylic acids is 1. The molecule has 1 rings (SSSR count). The largest absolute Gasteiger partial charge is 0.480 e. The Morgan fingerprint density at radius 2 is 2.32 bits per heavy atom. The Hall–Kier alpha value is -2.11. The monoisotopic (exact) mass is 265 g/mol. The molecule has 2 N–H and O–H groups in total. The summed E-state index contributed by atoms with van der Waals surface area (Å²) in [6, 6.07) is -0.828. The Morgan fingerprint density at radius 1 is 1.58 bits per heavy atom. The first kappa shape index (κ1) is 14.9. The van der Waals surface area contributed by atoms with Crippen LogP contribution in [-0.4, -0.2) is 32.8 Å². The highest BCUT2D eigenvalue weighted by Crippen LogP contribution is 2.02. The first-order chi connectivity index (χ1) is 9.02. The van der Waals surface area contributed by atoms with Gasteiger partial charge in [0.15, 0.2) is 0 Å². The highest BCUT2D eigenvalue weighted by atomic mass is 16.4. The molecule has 0 aliphatic rings. The molecule has 0 saturated carbocycles. The zero-order chi connectivity index (χ0) is 14.3. The van der Waals surface area contributed by atoms with Gasteiger partial charge in [-0.3, -0.25) is 9.48 Å². The van der Waals surface area contributed by atoms with Crippen LogP contribution in [-0.2, 0) is 16.6 Å². The molecular weight excluding hydrogens is 246 g/mol. The lowest BCUT2D eigenvalue weighted by molar-refractivity contribution is -0.141. The lowest BCUT2D eigenvalue weighted by Crippen LogP contribution is -2.39. The summed E-state index contributed by atoms with van der Waals surface area (Å²) in [6.07, 6.45) is 8.40. The molecule has 0 bridgehead atoms. The third-order valence-electron chi connectivity index (χ3n) is 2.61. The molecule has 0 spiro atoms. The molecule has 1 amide bonds. The summed E-state index contributed by atoms with van der Waals surface area (Å²) < 4.78 is 1.62. The number of amides is 1. The van der Waals surface area contributed by atoms with Gasteiger partial charge in [0, 0.05) is 24.9 Å². The maximum absolute atomic E-state index is 11.6. The summed E-state index contributed by atoms with van der Waals surface area (Å²) >= 11 is 0. The molecule has 1 aromatic rings. The van der Waals surface area contributed by atoms with Gasteiger partial charge in [0.25, 0.3) is 0 Å². The highest BCUT2D eigenvalue weighted by molar-refractivity contribution is 5.94. The highest BCUT2D eigenvalue weighted by Gasteiger charge is 2.17. The predicted molar refractivity (Wildman–Crippen MR) is 71.3 cm³/mol. The molecule has 6 heteroatoms. The standard InChI is InChI=1S/C13H19N3O3/c1-3-4-5-11(13(18)19)15-12(17)7-6-10-8-14-16(2)9-10/h6-9,11H,3-5H2,1-2H3,(H,15,17)(H,18,19)/b7-6+/t11-/m0/s1. The van der Waals surface area contributed by atoms with Crippen molar-refractivity contribution in [2.24, 2.45) is 7.05 Å². The number of aliphatic carboxylic acids is 1. The maximum Gasteiger partial charge on any atom is 0.326 e. The minimum atomic E-state index is -1.00. The van der Waals surface area contributed by atoms with Gasteiger partial charge in [-0.25, -0.2) is 4.79 Å². The number of carboxylic acids is 1. The van der Waals surface area contributed by atoms with E-state index in [-0.39, 0.29) is 0 Å². The SMILES string of the molecule is CCCC[C@H](NC(=O)/C=C/c1cnn(C)c1)C(=O)O. The Morgan fingerprint density at radius 3 is 2.84 bits per heavy atom. The molecule has 1 heterocycles. The summed E-state index contributed by atoms with van der Waals surface area (Å²) in [5, 5.41) is 15.4. The van der Waals surface area contributed by atoms with Gasteiger partial charge in [0.1, 0.15) is 6.04 Å². The van der Waals surface area contributed by atoms with Gasteiger partial charge in [-0.2, -0.15) is 5.10 Å². The van der Waals surface area contributed by atoms with E-state index in [1.54, 1.807) is 30.2 Å². The van der Waals surface area contributed by atoms with Crippen molar-refractivity contribution < 1.29 is 14.7 Å². The van der Waals surface area contributed by atoms with E-state index in [0.29, 0.717) is 6.42 Å². The minimum Gasteiger partial charge on any atom is -0.480 e. The third-order valence-corrected chi connectivity index (χ3v) is 2.61. The van der Waals surface area contributed by atoms with Crippen LogP contribution >= 0.6 is 0 Å². The summed E-state index contributed by atoms with van der Waals surface area (Å²) in [5.74, 6) is -1.41. The van der Waals surface area contributed by atoms with Gasteiger partial charge in [-0.05, 0) is 12.5 Å². The van der Waals surface area contributed by atoms with Crippen LogP contribution in [0.3, 0.4) is 0 Å². The number of hydrogen-bond donors (Lipinski definition) is 2. The molecule has 104 valence electrons. The van der Waals surface area contributed by atoms with E-state index in [9.17, 15) is 9.59 Å². The van der Waals surface area contributed by atoms with E-state index in [0.717, 1.165) is 18.4 Å². The summed E-state index contributed by atoms with van der Waals surface area (Å²) in [4.78, 5) is 22.6. The van der Waals surface area contributed by atoms with Gasteiger partial charge in [0.05, 0.1) is 6.20 Å². The van der Waals surface area contributed by atoms with Crippen molar-refractivity contribution in [3.63, 3.8) is 0 Å². The van der Waals surface area contributed by atoms with Crippen molar-refractivity contribution >= 4 is 18.0 Å². The van der Waals surface area contributed by atoms with E-state index >= 15 is 0 Å². The smallest absolute Gasteiger partial charge is 0.326 e. The second-order valence-electron chi connectivity index (χ2n) is 4.32. The van der Waals surface area contributed by atoms with Crippen molar-refractivity contribution in [3.8, 4) is 0 Å². The van der Waals surface area contributed by atoms with E-state index in [1.807, 2.05) is 6.92 Å². The molecule has 1 aromatic heterocycles. The van der Waals surface area contributed by atoms with Crippen LogP contribution in [0.25, 0.3) is 6.08 Å². The lowest BCUT2D eigenvalue weighted by Gasteiger charge is -2.12. The molecule has 0 aliphatic heterocycles. The molecule has 1 atom stereocenters.